The van der Waals surface area contributed by atoms with Crippen LogP contribution in [0.3, 0.4) is 0 Å². The fraction of sp³-hybridized carbons (Fsp3) is 0.278. The first kappa shape index (κ1) is 15.1. The zero-order chi connectivity index (χ0) is 15.1. The highest BCUT2D eigenvalue weighted by atomic mass is 16.5. The lowest BCUT2D eigenvalue weighted by molar-refractivity contribution is -0.116. The van der Waals surface area contributed by atoms with Crippen molar-refractivity contribution in [1.82, 2.24) is 0 Å². The second-order valence-corrected chi connectivity index (χ2v) is 4.99. The van der Waals surface area contributed by atoms with Gasteiger partial charge in [-0.3, -0.25) is 4.79 Å². The molecule has 0 fully saturated rings. The SMILES string of the molecule is CCOc1ccccc1NC(=O)C[C@H](C)c1ccccc1. The summed E-state index contributed by atoms with van der Waals surface area (Å²) in [4.78, 5) is 12.2. The van der Waals surface area contributed by atoms with Crippen molar-refractivity contribution in [1.29, 1.82) is 0 Å². The van der Waals surface area contributed by atoms with Gasteiger partial charge in [-0.15, -0.1) is 0 Å². The van der Waals surface area contributed by atoms with Crippen LogP contribution in [-0.2, 0) is 4.79 Å². The minimum absolute atomic E-state index is 0.00138. The zero-order valence-electron chi connectivity index (χ0n) is 12.5. The van der Waals surface area contributed by atoms with Crippen molar-refractivity contribution in [3.05, 3.63) is 60.2 Å². The van der Waals surface area contributed by atoms with Crippen molar-refractivity contribution < 1.29 is 9.53 Å². The smallest absolute Gasteiger partial charge is 0.225 e. The lowest BCUT2D eigenvalue weighted by atomic mass is 9.97. The largest absolute Gasteiger partial charge is 0.492 e. The predicted octanol–water partition coefficient (Wildman–Crippen LogP) is 4.22. The number of rotatable bonds is 6. The molecule has 3 nitrogen and oxygen atoms in total. The number of hydrogen-bond acceptors (Lipinski definition) is 2. The van der Waals surface area contributed by atoms with Gasteiger partial charge in [0.25, 0.3) is 0 Å². The van der Waals surface area contributed by atoms with E-state index in [4.69, 9.17) is 4.74 Å². The van der Waals surface area contributed by atoms with Crippen molar-refractivity contribution in [3.8, 4) is 5.75 Å². The summed E-state index contributed by atoms with van der Waals surface area (Å²) in [6.45, 7) is 4.56. The van der Waals surface area contributed by atoms with E-state index < -0.39 is 0 Å². The van der Waals surface area contributed by atoms with Gasteiger partial charge in [-0.05, 0) is 30.5 Å². The first-order chi connectivity index (χ1) is 10.2. The maximum absolute atomic E-state index is 12.2. The number of carbonyl (C=O) groups is 1. The molecule has 0 aliphatic rings. The molecule has 21 heavy (non-hydrogen) atoms. The van der Waals surface area contributed by atoms with Crippen LogP contribution in [-0.4, -0.2) is 12.5 Å². The topological polar surface area (TPSA) is 38.3 Å². The Morgan fingerprint density at radius 1 is 1.10 bits per heavy atom. The van der Waals surface area contributed by atoms with Gasteiger partial charge in [-0.2, -0.15) is 0 Å². The van der Waals surface area contributed by atoms with Crippen LogP contribution in [0.1, 0.15) is 31.7 Å². The maximum Gasteiger partial charge on any atom is 0.225 e. The number of ether oxygens (including phenoxy) is 1. The molecule has 0 aliphatic heterocycles. The lowest BCUT2D eigenvalue weighted by Gasteiger charge is -2.14. The molecular formula is C18H21NO2. The fourth-order valence-corrected chi connectivity index (χ4v) is 2.23. The van der Waals surface area contributed by atoms with Gasteiger partial charge in [0.15, 0.2) is 0 Å². The van der Waals surface area contributed by atoms with Crippen molar-refractivity contribution in [2.75, 3.05) is 11.9 Å². The van der Waals surface area contributed by atoms with Crippen LogP contribution >= 0.6 is 0 Å². The Kier molecular flexibility index (Phi) is 5.38. The molecule has 2 aromatic rings. The number of anilines is 1. The maximum atomic E-state index is 12.2. The number of benzene rings is 2. The van der Waals surface area contributed by atoms with Crippen LogP contribution < -0.4 is 10.1 Å². The third kappa shape index (κ3) is 4.35. The van der Waals surface area contributed by atoms with Gasteiger partial charge in [0.1, 0.15) is 5.75 Å². The van der Waals surface area contributed by atoms with E-state index in [0.29, 0.717) is 18.8 Å². The van der Waals surface area contributed by atoms with E-state index in [-0.39, 0.29) is 11.8 Å². The van der Waals surface area contributed by atoms with E-state index in [1.54, 1.807) is 0 Å². The molecule has 0 aromatic heterocycles. The Hall–Kier alpha value is -2.29. The van der Waals surface area contributed by atoms with E-state index in [2.05, 4.69) is 12.2 Å². The van der Waals surface area contributed by atoms with Crippen molar-refractivity contribution in [3.63, 3.8) is 0 Å². The molecule has 0 bridgehead atoms. The third-order valence-electron chi connectivity index (χ3n) is 3.32. The molecule has 0 heterocycles. The molecule has 0 unspecified atom stereocenters. The zero-order valence-corrected chi connectivity index (χ0v) is 12.5. The van der Waals surface area contributed by atoms with Gasteiger partial charge in [0.05, 0.1) is 12.3 Å². The molecule has 1 atom stereocenters. The van der Waals surface area contributed by atoms with Crippen molar-refractivity contribution in [2.45, 2.75) is 26.2 Å². The van der Waals surface area contributed by atoms with Crippen LogP contribution in [0, 0.1) is 0 Å². The molecule has 1 amide bonds. The van der Waals surface area contributed by atoms with E-state index in [1.165, 1.54) is 5.56 Å². The predicted molar refractivity (Wildman–Crippen MR) is 85.7 cm³/mol. The summed E-state index contributed by atoms with van der Waals surface area (Å²) in [7, 11) is 0. The number of carbonyl (C=O) groups excluding carboxylic acids is 1. The number of hydrogen-bond donors (Lipinski definition) is 1. The fourth-order valence-electron chi connectivity index (χ4n) is 2.23. The Morgan fingerprint density at radius 2 is 1.76 bits per heavy atom. The minimum Gasteiger partial charge on any atom is -0.492 e. The third-order valence-corrected chi connectivity index (χ3v) is 3.32. The quantitative estimate of drug-likeness (QED) is 0.862. The van der Waals surface area contributed by atoms with Crippen LogP contribution in [0.2, 0.25) is 0 Å². The number of nitrogens with one attached hydrogen (secondary N) is 1. The summed E-state index contributed by atoms with van der Waals surface area (Å²) in [5, 5.41) is 2.93. The highest BCUT2D eigenvalue weighted by molar-refractivity contribution is 5.92. The highest BCUT2D eigenvalue weighted by Crippen LogP contribution is 2.25. The monoisotopic (exact) mass is 283 g/mol. The molecule has 0 aliphatic carbocycles. The summed E-state index contributed by atoms with van der Waals surface area (Å²) < 4.78 is 5.51. The van der Waals surface area contributed by atoms with Crippen LogP contribution in [0.25, 0.3) is 0 Å². The first-order valence-electron chi connectivity index (χ1n) is 7.27. The Bertz CT molecular complexity index is 581. The second-order valence-electron chi connectivity index (χ2n) is 4.99. The summed E-state index contributed by atoms with van der Waals surface area (Å²) in [6.07, 6.45) is 0.449. The van der Waals surface area contributed by atoms with Crippen LogP contribution in [0.5, 0.6) is 5.75 Å². The number of amides is 1. The number of para-hydroxylation sites is 2. The molecule has 0 saturated heterocycles. The van der Waals surface area contributed by atoms with E-state index in [1.807, 2.05) is 61.5 Å². The first-order valence-corrected chi connectivity index (χ1v) is 7.27. The van der Waals surface area contributed by atoms with E-state index in [0.717, 1.165) is 5.69 Å². The van der Waals surface area contributed by atoms with Gasteiger partial charge in [0.2, 0.25) is 5.91 Å². The Morgan fingerprint density at radius 3 is 2.48 bits per heavy atom. The van der Waals surface area contributed by atoms with Gasteiger partial charge in [-0.1, -0.05) is 49.4 Å². The van der Waals surface area contributed by atoms with Crippen molar-refractivity contribution >= 4 is 11.6 Å². The molecule has 3 heteroatoms. The van der Waals surface area contributed by atoms with Gasteiger partial charge >= 0.3 is 0 Å². The standard InChI is InChI=1S/C18H21NO2/c1-3-21-17-12-8-7-11-16(17)19-18(20)13-14(2)15-9-5-4-6-10-15/h4-12,14H,3,13H2,1-2H3,(H,19,20)/t14-/m0/s1. The molecule has 2 aromatic carbocycles. The van der Waals surface area contributed by atoms with Gasteiger partial charge in [0, 0.05) is 6.42 Å². The normalized spacial score (nSPS) is 11.7. The molecule has 2 rings (SSSR count). The molecule has 0 saturated carbocycles. The van der Waals surface area contributed by atoms with E-state index in [9.17, 15) is 4.79 Å². The minimum atomic E-state index is -0.00138. The van der Waals surface area contributed by atoms with Gasteiger partial charge < -0.3 is 10.1 Å². The van der Waals surface area contributed by atoms with Crippen molar-refractivity contribution in [2.24, 2.45) is 0 Å². The Labute approximate surface area is 126 Å². The lowest BCUT2D eigenvalue weighted by Crippen LogP contribution is -2.15. The molecule has 0 radical (unpaired) electrons. The summed E-state index contributed by atoms with van der Waals surface area (Å²) in [5.74, 6) is 0.893. The molecular weight excluding hydrogens is 262 g/mol. The van der Waals surface area contributed by atoms with E-state index >= 15 is 0 Å². The average molecular weight is 283 g/mol. The second kappa shape index (κ2) is 7.48. The summed E-state index contributed by atoms with van der Waals surface area (Å²) >= 11 is 0. The van der Waals surface area contributed by atoms with Gasteiger partial charge in [-0.25, -0.2) is 0 Å². The average Bonchev–Trinajstić information content (AvgIpc) is 2.50. The van der Waals surface area contributed by atoms with Crippen LogP contribution in [0.15, 0.2) is 54.6 Å². The molecule has 110 valence electrons. The summed E-state index contributed by atoms with van der Waals surface area (Å²) in [5.41, 5.74) is 1.90. The molecule has 0 spiro atoms. The van der Waals surface area contributed by atoms with Crippen LogP contribution in [0.4, 0.5) is 5.69 Å². The Balaban J connectivity index is 1.99. The summed E-state index contributed by atoms with van der Waals surface area (Å²) in [6, 6.07) is 17.6. The molecule has 1 N–H and O–H groups in total. The highest BCUT2D eigenvalue weighted by Gasteiger charge is 2.12.